The molecule has 4 saturated heterocycles. The van der Waals surface area contributed by atoms with Gasteiger partial charge >= 0.3 is 10.4 Å². The zero-order chi connectivity index (χ0) is 54.9. The Kier molecular flexibility index (Phi) is 26.6. The fourth-order valence-electron chi connectivity index (χ4n) is 9.46. The van der Waals surface area contributed by atoms with Crippen molar-refractivity contribution in [2.45, 2.75) is 234 Å². The molecule has 4 fully saturated rings. The van der Waals surface area contributed by atoms with Gasteiger partial charge in [-0.25, -0.2) is 4.18 Å². The van der Waals surface area contributed by atoms with Crippen LogP contribution in [0.25, 0.3) is 0 Å². The van der Waals surface area contributed by atoms with Crippen LogP contribution in [0.1, 0.15) is 111 Å². The van der Waals surface area contributed by atoms with Crippen LogP contribution >= 0.6 is 0 Å². The molecule has 0 aromatic heterocycles. The summed E-state index contributed by atoms with van der Waals surface area (Å²) < 4.78 is 77.8. The topological polar surface area (TPSA) is 427 Å². The van der Waals surface area contributed by atoms with Crippen molar-refractivity contribution in [3.8, 4) is 0 Å². The summed E-state index contributed by atoms with van der Waals surface area (Å²) in [5.74, 6) is -2.90. The molecule has 20 atom stereocenters. The Balaban J connectivity index is 1.51. The molecule has 0 spiro atoms. The van der Waals surface area contributed by atoms with Gasteiger partial charge in [0.1, 0.15) is 97.4 Å². The fourth-order valence-corrected chi connectivity index (χ4v) is 9.77. The summed E-state index contributed by atoms with van der Waals surface area (Å²) in [6.07, 6.45) is -16.0. The number of unbranched alkanes of at least 4 members (excludes halogenated alkanes) is 11. The predicted octanol–water partition coefficient (Wildman–Crippen LogP) is -4.28. The Morgan fingerprint density at radius 3 is 1.24 bits per heavy atom. The van der Waals surface area contributed by atoms with Crippen LogP contribution in [0.2, 0.25) is 0 Å². The molecule has 74 heavy (non-hydrogen) atoms. The molecular formula is C45H80N4O24S. The molecule has 4 heterocycles. The van der Waals surface area contributed by atoms with Gasteiger partial charge in [-0.05, 0) is 6.42 Å². The zero-order valence-corrected chi connectivity index (χ0v) is 43.0. The molecule has 0 aromatic rings. The Labute approximate surface area is 430 Å². The molecular weight excluding hydrogens is 1010 g/mol. The summed E-state index contributed by atoms with van der Waals surface area (Å²) in [6, 6.07) is -6.57. The van der Waals surface area contributed by atoms with Gasteiger partial charge in [-0.2, -0.15) is 8.42 Å². The molecule has 2 unspecified atom stereocenters. The van der Waals surface area contributed by atoms with E-state index < -0.39 is 183 Å². The monoisotopic (exact) mass is 1090 g/mol. The Bertz CT molecular complexity index is 1840. The summed E-state index contributed by atoms with van der Waals surface area (Å²) in [7, 11) is -5.15. The lowest BCUT2D eigenvalue weighted by Gasteiger charge is -2.51. The van der Waals surface area contributed by atoms with E-state index in [-0.39, 0.29) is 6.42 Å². The van der Waals surface area contributed by atoms with E-state index in [2.05, 4.69) is 32.4 Å². The maximum atomic E-state index is 13.3. The van der Waals surface area contributed by atoms with Crippen molar-refractivity contribution >= 4 is 34.0 Å². The largest absolute Gasteiger partial charge is 0.397 e. The summed E-state index contributed by atoms with van der Waals surface area (Å²) in [5.41, 5.74) is 0. The van der Waals surface area contributed by atoms with Gasteiger partial charge in [-0.3, -0.25) is 23.7 Å². The van der Waals surface area contributed by atoms with Gasteiger partial charge in [0.25, 0.3) is 0 Å². The van der Waals surface area contributed by atoms with Crippen LogP contribution in [0.5, 0.6) is 0 Å². The van der Waals surface area contributed by atoms with Crippen LogP contribution in [0, 0.1) is 0 Å². The van der Waals surface area contributed by atoms with Crippen molar-refractivity contribution in [2.75, 3.05) is 26.4 Å². The number of hydrogen-bond acceptors (Lipinski definition) is 23. The van der Waals surface area contributed by atoms with E-state index in [1.807, 2.05) is 0 Å². The van der Waals surface area contributed by atoms with Gasteiger partial charge in [0.15, 0.2) is 25.2 Å². The molecule has 4 rings (SSSR count). The van der Waals surface area contributed by atoms with Crippen LogP contribution in [0.4, 0.5) is 0 Å². The number of ether oxygens (including phenoxy) is 7. The quantitative estimate of drug-likeness (QED) is 0.0249. The van der Waals surface area contributed by atoms with E-state index in [9.17, 15) is 78.1 Å². The SMILES string of the molecule is CCCCCCCCCCCCCCC(=O)N[C@H]1[C@H](O[C@H]2C(O)[C@@H](NC(C)=O)[C@H](O[C@H]3[C@H](O)[C@@H](NC(C)=O)[C@H](O[C@H]4C(O)[C@@H](NC(C)=O)[C@H](O)O[C@@H]4COS(=O)(=O)O)O[C@@H]3CO)O[C@@H]2CO)O[C@H](CO)[C@@H](O)[C@@H]1O. The minimum absolute atomic E-state index is 0.0405. The number of nitrogens with one attached hydrogen (secondary N) is 4. The summed E-state index contributed by atoms with van der Waals surface area (Å²) in [4.78, 5) is 50.4. The molecule has 4 amide bonds. The minimum Gasteiger partial charge on any atom is -0.394 e. The maximum absolute atomic E-state index is 13.3. The predicted molar refractivity (Wildman–Crippen MR) is 251 cm³/mol. The number of carbonyl (C=O) groups excluding carboxylic acids is 4. The molecule has 0 radical (unpaired) electrons. The van der Waals surface area contributed by atoms with Gasteiger partial charge in [0, 0.05) is 27.2 Å². The second-order valence-corrected chi connectivity index (χ2v) is 20.2. The molecule has 0 saturated carbocycles. The number of carbonyl (C=O) groups is 4. The molecule has 14 N–H and O–H groups in total. The minimum atomic E-state index is -5.15. The molecule has 4 aliphatic heterocycles. The van der Waals surface area contributed by atoms with Gasteiger partial charge in [-0.15, -0.1) is 0 Å². The molecule has 0 aliphatic carbocycles. The van der Waals surface area contributed by atoms with Crippen molar-refractivity contribution in [1.82, 2.24) is 21.3 Å². The highest BCUT2D eigenvalue weighted by Crippen LogP contribution is 2.35. The van der Waals surface area contributed by atoms with Gasteiger partial charge in [0.05, 0.1) is 26.4 Å². The normalized spacial score (nSPS) is 36.7. The first-order chi connectivity index (χ1) is 35.0. The van der Waals surface area contributed by atoms with E-state index in [1.165, 1.54) is 38.5 Å². The third-order valence-corrected chi connectivity index (χ3v) is 13.7. The first-order valence-electron chi connectivity index (χ1n) is 25.3. The number of hydrogen-bond donors (Lipinski definition) is 14. The number of aliphatic hydroxyl groups excluding tert-OH is 9. The van der Waals surface area contributed by atoms with E-state index in [0.29, 0.717) is 6.42 Å². The second kappa shape index (κ2) is 30.9. The third kappa shape index (κ3) is 18.7. The van der Waals surface area contributed by atoms with Crippen molar-refractivity contribution in [1.29, 1.82) is 0 Å². The van der Waals surface area contributed by atoms with Gasteiger partial charge < -0.3 is 100 Å². The molecule has 28 nitrogen and oxygen atoms in total. The molecule has 0 aromatic carbocycles. The maximum Gasteiger partial charge on any atom is 0.397 e. The van der Waals surface area contributed by atoms with E-state index in [0.717, 1.165) is 52.9 Å². The lowest BCUT2D eigenvalue weighted by Crippen LogP contribution is -2.71. The van der Waals surface area contributed by atoms with E-state index in [1.54, 1.807) is 0 Å². The Morgan fingerprint density at radius 1 is 0.473 bits per heavy atom. The number of rotatable bonds is 29. The van der Waals surface area contributed by atoms with Crippen molar-refractivity contribution in [2.24, 2.45) is 0 Å². The summed E-state index contributed by atoms with van der Waals surface area (Å²) in [5, 5.41) is 109. The van der Waals surface area contributed by atoms with Crippen LogP contribution in [0.3, 0.4) is 0 Å². The summed E-state index contributed by atoms with van der Waals surface area (Å²) >= 11 is 0. The van der Waals surface area contributed by atoms with Gasteiger partial charge in [0.2, 0.25) is 23.6 Å². The average Bonchev–Trinajstić information content (AvgIpc) is 3.33. The molecule has 4 aliphatic rings. The van der Waals surface area contributed by atoms with Crippen molar-refractivity contribution in [3.63, 3.8) is 0 Å². The molecule has 430 valence electrons. The average molecular weight is 1090 g/mol. The van der Waals surface area contributed by atoms with Crippen LogP contribution in [0.15, 0.2) is 0 Å². The highest BCUT2D eigenvalue weighted by atomic mass is 32.3. The molecule has 0 bridgehead atoms. The first-order valence-corrected chi connectivity index (χ1v) is 26.6. The Hall–Kier alpha value is -2.89. The number of aliphatic hydroxyl groups is 9. The smallest absolute Gasteiger partial charge is 0.394 e. The van der Waals surface area contributed by atoms with Crippen LogP contribution in [-0.4, -0.2) is 232 Å². The zero-order valence-electron chi connectivity index (χ0n) is 42.2. The van der Waals surface area contributed by atoms with Crippen LogP contribution < -0.4 is 21.3 Å². The number of amides is 4. The first kappa shape index (κ1) is 63.6. The fraction of sp³-hybridized carbons (Fsp3) is 0.911. The highest BCUT2D eigenvalue weighted by Gasteiger charge is 2.56. The van der Waals surface area contributed by atoms with E-state index >= 15 is 0 Å². The van der Waals surface area contributed by atoms with Crippen molar-refractivity contribution < 1.29 is 115 Å². The lowest BCUT2D eigenvalue weighted by atomic mass is 9.93. The van der Waals surface area contributed by atoms with E-state index in [4.69, 9.17) is 33.2 Å². The standard InChI is InChI=1S/C45H80N4O24S/c1-5-6-7-8-9-10-11-12-13-14-15-16-17-29(56)49-31-35(58)34(57)25(18-50)68-43(31)71-39-26(19-51)69-44(32(37(39)60)47-23(3)54)72-40-27(20-52)70-45(33(38(40)61)48-24(4)55)73-41-28(21-66-74(63,64)65)67-42(62)30(36(41)59)46-22(2)53/h25-28,30-45,50-52,57-62H,5-21H2,1-4H3,(H,46,53)(H,47,54)(H,48,55)(H,49,56)(H,63,64,65)/t25-,26-,27-,28-,30-,31-,32-,33-,34-,35-,36?,37?,38-,39-,40-,41-,42-,43+,44+,45+/m1/s1. The molecule has 29 heteroatoms. The van der Waals surface area contributed by atoms with Crippen LogP contribution in [-0.2, 0) is 66.9 Å². The summed E-state index contributed by atoms with van der Waals surface area (Å²) in [6.45, 7) is 1.42. The second-order valence-electron chi connectivity index (χ2n) is 19.1. The lowest BCUT2D eigenvalue weighted by molar-refractivity contribution is -0.361. The Morgan fingerprint density at radius 2 is 0.838 bits per heavy atom. The van der Waals surface area contributed by atoms with Crippen molar-refractivity contribution in [3.05, 3.63) is 0 Å². The van der Waals surface area contributed by atoms with Gasteiger partial charge in [-0.1, -0.05) is 77.6 Å². The highest BCUT2D eigenvalue weighted by molar-refractivity contribution is 7.80. The third-order valence-electron chi connectivity index (χ3n) is 13.2.